The van der Waals surface area contributed by atoms with Gasteiger partial charge in [0.1, 0.15) is 11.5 Å². The van der Waals surface area contributed by atoms with Crippen molar-refractivity contribution in [2.24, 2.45) is 0 Å². The smallest absolute Gasteiger partial charge is 0.153 e. The fourth-order valence-electron chi connectivity index (χ4n) is 2.93. The molecular formula is C23H30Br2O2. The molecule has 2 aromatic rings. The highest BCUT2D eigenvalue weighted by atomic mass is 79.9. The number of halogens is 2. The first kappa shape index (κ1) is 22.3. The van der Waals surface area contributed by atoms with E-state index in [2.05, 4.69) is 108 Å². The van der Waals surface area contributed by atoms with Crippen molar-refractivity contribution in [1.82, 2.24) is 0 Å². The van der Waals surface area contributed by atoms with E-state index in [-0.39, 0.29) is 15.4 Å². The average molecular weight is 498 g/mol. The maximum atomic E-state index is 5.90. The van der Waals surface area contributed by atoms with Crippen LogP contribution in [0.3, 0.4) is 0 Å². The molecule has 2 unspecified atom stereocenters. The molecule has 0 radical (unpaired) electrons. The molecule has 2 atom stereocenters. The van der Waals surface area contributed by atoms with Crippen molar-refractivity contribution in [2.75, 3.05) is 0 Å². The lowest BCUT2D eigenvalue weighted by Gasteiger charge is -2.27. The van der Waals surface area contributed by atoms with Crippen molar-refractivity contribution in [3.63, 3.8) is 0 Å². The fourth-order valence-corrected chi connectivity index (χ4v) is 4.28. The third kappa shape index (κ3) is 6.53. The molecule has 4 heteroatoms. The molecule has 0 saturated heterocycles. The van der Waals surface area contributed by atoms with Gasteiger partial charge in [-0.15, -0.1) is 0 Å². The molecule has 0 saturated carbocycles. The van der Waals surface area contributed by atoms with Crippen LogP contribution in [0, 0.1) is 0 Å². The monoisotopic (exact) mass is 496 g/mol. The maximum absolute atomic E-state index is 5.90. The van der Waals surface area contributed by atoms with E-state index < -0.39 is 0 Å². The van der Waals surface area contributed by atoms with Crippen LogP contribution >= 0.6 is 31.9 Å². The second-order valence-corrected chi connectivity index (χ2v) is 9.35. The van der Waals surface area contributed by atoms with Crippen molar-refractivity contribution >= 4 is 31.9 Å². The maximum Gasteiger partial charge on any atom is 0.153 e. The van der Waals surface area contributed by atoms with Gasteiger partial charge in [0, 0.05) is 5.41 Å². The molecule has 0 aliphatic carbocycles. The average Bonchev–Trinajstić information content (AvgIpc) is 2.63. The van der Waals surface area contributed by atoms with Gasteiger partial charge in [-0.25, -0.2) is 0 Å². The number of benzene rings is 2. The van der Waals surface area contributed by atoms with Crippen LogP contribution in [0.2, 0.25) is 0 Å². The van der Waals surface area contributed by atoms with Gasteiger partial charge in [0.2, 0.25) is 0 Å². The predicted octanol–water partition coefficient (Wildman–Crippen LogP) is 7.81. The molecular weight excluding hydrogens is 468 g/mol. The molecule has 2 nitrogen and oxygen atoms in total. The Morgan fingerprint density at radius 2 is 1.04 bits per heavy atom. The number of hydrogen-bond donors (Lipinski definition) is 0. The first-order chi connectivity index (χ1) is 12.9. The largest absolute Gasteiger partial charge is 0.479 e. The minimum atomic E-state index is -0.0918. The molecule has 0 aromatic heterocycles. The van der Waals surface area contributed by atoms with E-state index in [9.17, 15) is 0 Å². The minimum Gasteiger partial charge on any atom is -0.479 e. The normalized spacial score (nSPS) is 13.9. The third-order valence-corrected chi connectivity index (χ3v) is 6.00. The van der Waals surface area contributed by atoms with Gasteiger partial charge in [-0.1, -0.05) is 64.8 Å². The Hall–Kier alpha value is -1.00. The Labute approximate surface area is 180 Å². The molecule has 0 N–H and O–H groups in total. The standard InChI is InChI=1S/C23H30Br2O2/c1-5-7-21(24)26-19-13-9-17(10-14-19)23(3,4)18-11-15-20(16-12-18)27-22(25)8-6-2/h9-16,21-22H,5-8H2,1-4H3. The Kier molecular flexibility index (Phi) is 8.68. The van der Waals surface area contributed by atoms with Gasteiger partial charge in [-0.3, -0.25) is 0 Å². The molecule has 27 heavy (non-hydrogen) atoms. The Morgan fingerprint density at radius 3 is 1.33 bits per heavy atom. The SMILES string of the molecule is CCCC(Br)Oc1ccc(C(C)(C)c2ccc(OC(Br)CCC)cc2)cc1. The van der Waals surface area contributed by atoms with Gasteiger partial charge in [-0.2, -0.15) is 0 Å². The zero-order valence-corrected chi connectivity index (χ0v) is 19.8. The van der Waals surface area contributed by atoms with Gasteiger partial charge < -0.3 is 9.47 Å². The summed E-state index contributed by atoms with van der Waals surface area (Å²) in [5, 5.41) is 0.139. The van der Waals surface area contributed by atoms with Gasteiger partial charge in [-0.05, 0) is 80.1 Å². The van der Waals surface area contributed by atoms with Crippen LogP contribution < -0.4 is 9.47 Å². The molecule has 0 spiro atoms. The molecule has 0 aliphatic rings. The number of hydrogen-bond acceptors (Lipinski definition) is 2. The summed E-state index contributed by atoms with van der Waals surface area (Å²) in [5.74, 6) is 1.79. The van der Waals surface area contributed by atoms with E-state index in [0.717, 1.165) is 37.2 Å². The number of rotatable bonds is 10. The van der Waals surface area contributed by atoms with E-state index in [0.29, 0.717) is 0 Å². The second-order valence-electron chi connectivity index (χ2n) is 7.31. The number of ether oxygens (including phenoxy) is 2. The predicted molar refractivity (Wildman–Crippen MR) is 122 cm³/mol. The minimum absolute atomic E-state index is 0.0693. The lowest BCUT2D eigenvalue weighted by atomic mass is 9.78. The van der Waals surface area contributed by atoms with E-state index >= 15 is 0 Å². The molecule has 148 valence electrons. The molecule has 2 aromatic carbocycles. The van der Waals surface area contributed by atoms with Crippen molar-refractivity contribution in [2.45, 2.75) is 68.8 Å². The zero-order valence-electron chi connectivity index (χ0n) is 16.7. The topological polar surface area (TPSA) is 18.5 Å². The second kappa shape index (κ2) is 10.5. The molecule has 0 amide bonds. The Morgan fingerprint density at radius 1 is 0.704 bits per heavy atom. The molecule has 0 heterocycles. The lowest BCUT2D eigenvalue weighted by molar-refractivity contribution is 0.282. The summed E-state index contributed by atoms with van der Waals surface area (Å²) in [6.45, 7) is 8.80. The highest BCUT2D eigenvalue weighted by molar-refractivity contribution is 9.09. The first-order valence-corrected chi connectivity index (χ1v) is 11.5. The molecule has 2 rings (SSSR count). The fraction of sp³-hybridized carbons (Fsp3) is 0.478. The highest BCUT2D eigenvalue weighted by Gasteiger charge is 2.23. The van der Waals surface area contributed by atoms with Crippen LogP contribution in [-0.4, -0.2) is 10.0 Å². The molecule has 0 bridgehead atoms. The summed E-state index contributed by atoms with van der Waals surface area (Å²) < 4.78 is 11.8. The van der Waals surface area contributed by atoms with Crippen LogP contribution in [-0.2, 0) is 5.41 Å². The van der Waals surface area contributed by atoms with Gasteiger partial charge in [0.25, 0.3) is 0 Å². The van der Waals surface area contributed by atoms with Crippen LogP contribution in [0.25, 0.3) is 0 Å². The lowest BCUT2D eigenvalue weighted by Crippen LogP contribution is -2.19. The van der Waals surface area contributed by atoms with Crippen molar-refractivity contribution in [3.8, 4) is 11.5 Å². The third-order valence-electron chi connectivity index (χ3n) is 4.71. The van der Waals surface area contributed by atoms with E-state index in [1.165, 1.54) is 11.1 Å². The molecule has 0 fully saturated rings. The summed E-state index contributed by atoms with van der Waals surface area (Å²) in [5.41, 5.74) is 2.43. The summed E-state index contributed by atoms with van der Waals surface area (Å²) >= 11 is 7.13. The first-order valence-electron chi connectivity index (χ1n) is 9.69. The van der Waals surface area contributed by atoms with Crippen LogP contribution in [0.1, 0.15) is 64.5 Å². The van der Waals surface area contributed by atoms with E-state index in [1.807, 2.05) is 0 Å². The highest BCUT2D eigenvalue weighted by Crippen LogP contribution is 2.34. The molecule has 0 aliphatic heterocycles. The van der Waals surface area contributed by atoms with Crippen LogP contribution in [0.15, 0.2) is 48.5 Å². The van der Waals surface area contributed by atoms with Crippen LogP contribution in [0.5, 0.6) is 11.5 Å². The van der Waals surface area contributed by atoms with Crippen molar-refractivity contribution in [1.29, 1.82) is 0 Å². The van der Waals surface area contributed by atoms with E-state index in [4.69, 9.17) is 9.47 Å². The van der Waals surface area contributed by atoms with Gasteiger partial charge in [0.15, 0.2) is 10.0 Å². The van der Waals surface area contributed by atoms with Crippen molar-refractivity contribution < 1.29 is 9.47 Å². The summed E-state index contributed by atoms with van der Waals surface area (Å²) in [7, 11) is 0. The Bertz CT molecular complexity index is 621. The van der Waals surface area contributed by atoms with E-state index in [1.54, 1.807) is 0 Å². The van der Waals surface area contributed by atoms with Gasteiger partial charge >= 0.3 is 0 Å². The summed E-state index contributed by atoms with van der Waals surface area (Å²) in [6.07, 6.45) is 4.17. The quantitative estimate of drug-likeness (QED) is 0.311. The Balaban J connectivity index is 2.08. The summed E-state index contributed by atoms with van der Waals surface area (Å²) in [6, 6.07) is 16.8. The van der Waals surface area contributed by atoms with Crippen molar-refractivity contribution in [3.05, 3.63) is 59.7 Å². The van der Waals surface area contributed by atoms with Crippen LogP contribution in [0.4, 0.5) is 0 Å². The zero-order chi connectivity index (χ0) is 19.9. The summed E-state index contributed by atoms with van der Waals surface area (Å²) in [4.78, 5) is 0. The van der Waals surface area contributed by atoms with Gasteiger partial charge in [0.05, 0.1) is 0 Å². The number of alkyl halides is 2.